The zero-order valence-electron chi connectivity index (χ0n) is 8.70. The zero-order chi connectivity index (χ0) is 11.5. The number of carbonyl (C=O) groups is 2. The first kappa shape index (κ1) is 10.3. The van der Waals surface area contributed by atoms with Crippen LogP contribution in [0.25, 0.3) is 0 Å². The number of rotatable bonds is 2. The van der Waals surface area contributed by atoms with Crippen LogP contribution in [-0.2, 0) is 9.59 Å². The summed E-state index contributed by atoms with van der Waals surface area (Å²) in [7, 11) is 0. The van der Waals surface area contributed by atoms with E-state index in [2.05, 4.69) is 26.0 Å². The highest BCUT2D eigenvalue weighted by atomic mass is 16.2. The predicted octanol–water partition coefficient (Wildman–Crippen LogP) is -0.0774. The maximum absolute atomic E-state index is 11.6. The summed E-state index contributed by atoms with van der Waals surface area (Å²) in [6, 6.07) is 1.71. The Kier molecular flexibility index (Phi) is 2.67. The minimum atomic E-state index is -0.341. The molecule has 0 saturated heterocycles. The fraction of sp³-hybridized carbons (Fsp3) is 0.333. The summed E-state index contributed by atoms with van der Waals surface area (Å²) in [6.07, 6.45) is 0.632. The van der Waals surface area contributed by atoms with Gasteiger partial charge in [-0.25, -0.2) is 5.43 Å². The van der Waals surface area contributed by atoms with Crippen LogP contribution in [0.5, 0.6) is 0 Å². The van der Waals surface area contributed by atoms with Gasteiger partial charge in [0.1, 0.15) is 5.71 Å². The molecule has 1 aromatic heterocycles. The quantitative estimate of drug-likeness (QED) is 0.651. The van der Waals surface area contributed by atoms with E-state index in [0.717, 1.165) is 5.69 Å². The Balaban J connectivity index is 2.01. The number of anilines is 1. The molecule has 84 valence electrons. The Hall–Kier alpha value is -2.18. The van der Waals surface area contributed by atoms with E-state index in [1.807, 2.05) is 6.92 Å². The zero-order valence-corrected chi connectivity index (χ0v) is 8.70. The van der Waals surface area contributed by atoms with Gasteiger partial charge in [0.2, 0.25) is 5.91 Å². The van der Waals surface area contributed by atoms with Crippen molar-refractivity contribution in [2.45, 2.75) is 19.8 Å². The lowest BCUT2D eigenvalue weighted by Gasteiger charge is -2.10. The summed E-state index contributed by atoms with van der Waals surface area (Å²) in [5, 5.41) is 12.8. The van der Waals surface area contributed by atoms with Crippen molar-refractivity contribution in [3.63, 3.8) is 0 Å². The smallest absolute Gasteiger partial charge is 0.273 e. The second kappa shape index (κ2) is 4.13. The van der Waals surface area contributed by atoms with Crippen LogP contribution in [0.2, 0.25) is 0 Å². The van der Waals surface area contributed by atoms with Crippen molar-refractivity contribution in [2.24, 2.45) is 5.10 Å². The van der Waals surface area contributed by atoms with Crippen LogP contribution in [0.4, 0.5) is 5.82 Å². The molecule has 0 aromatic carbocycles. The molecule has 0 saturated carbocycles. The number of aryl methyl sites for hydroxylation is 1. The average molecular weight is 221 g/mol. The summed E-state index contributed by atoms with van der Waals surface area (Å²) in [4.78, 5) is 22.5. The first-order valence-corrected chi connectivity index (χ1v) is 4.84. The first-order chi connectivity index (χ1) is 7.65. The van der Waals surface area contributed by atoms with Gasteiger partial charge in [0.15, 0.2) is 5.82 Å². The number of aromatic nitrogens is 2. The van der Waals surface area contributed by atoms with Gasteiger partial charge < -0.3 is 5.32 Å². The molecule has 1 aliphatic rings. The molecule has 0 fully saturated rings. The van der Waals surface area contributed by atoms with E-state index in [1.54, 1.807) is 6.07 Å². The van der Waals surface area contributed by atoms with E-state index in [0.29, 0.717) is 18.0 Å². The number of nitrogens with zero attached hydrogens (tertiary/aromatic N) is 2. The highest BCUT2D eigenvalue weighted by Gasteiger charge is 2.18. The number of hydrogen-bond acceptors (Lipinski definition) is 4. The van der Waals surface area contributed by atoms with Crippen molar-refractivity contribution < 1.29 is 9.59 Å². The van der Waals surface area contributed by atoms with E-state index >= 15 is 0 Å². The van der Waals surface area contributed by atoms with E-state index in [-0.39, 0.29) is 18.2 Å². The molecule has 0 atom stereocenters. The van der Waals surface area contributed by atoms with E-state index in [4.69, 9.17) is 0 Å². The topological polar surface area (TPSA) is 99.2 Å². The molecule has 1 aliphatic heterocycles. The third kappa shape index (κ3) is 2.25. The molecule has 0 spiro atoms. The Morgan fingerprint density at radius 2 is 2.31 bits per heavy atom. The second-order valence-electron chi connectivity index (χ2n) is 3.48. The van der Waals surface area contributed by atoms with Gasteiger partial charge in [0.25, 0.3) is 5.91 Å². The molecule has 1 aromatic rings. The lowest BCUT2D eigenvalue weighted by molar-refractivity contribution is -0.121. The molecule has 0 aliphatic carbocycles. The van der Waals surface area contributed by atoms with Crippen LogP contribution in [0.15, 0.2) is 11.2 Å². The molecular formula is C9H11N5O2. The van der Waals surface area contributed by atoms with Gasteiger partial charge in [-0.15, -0.1) is 0 Å². The maximum Gasteiger partial charge on any atom is 0.273 e. The van der Waals surface area contributed by atoms with Gasteiger partial charge in [-0.3, -0.25) is 14.7 Å². The van der Waals surface area contributed by atoms with Gasteiger partial charge in [-0.1, -0.05) is 0 Å². The lowest BCUT2D eigenvalue weighted by Crippen LogP contribution is -2.32. The van der Waals surface area contributed by atoms with E-state index in [9.17, 15) is 9.59 Å². The number of H-pyrrole nitrogens is 1. The fourth-order valence-corrected chi connectivity index (χ4v) is 1.31. The predicted molar refractivity (Wildman–Crippen MR) is 56.8 cm³/mol. The van der Waals surface area contributed by atoms with Crippen molar-refractivity contribution in [1.82, 2.24) is 15.6 Å². The number of carbonyl (C=O) groups excluding carboxylic acids is 2. The van der Waals surface area contributed by atoms with Crippen molar-refractivity contribution in [3.8, 4) is 0 Å². The largest absolute Gasteiger partial charge is 0.304 e. The molecule has 2 amide bonds. The van der Waals surface area contributed by atoms with Gasteiger partial charge in [-0.05, 0) is 6.92 Å². The van der Waals surface area contributed by atoms with Crippen molar-refractivity contribution in [2.75, 3.05) is 5.32 Å². The number of hydrazone groups is 1. The molecule has 16 heavy (non-hydrogen) atoms. The summed E-state index contributed by atoms with van der Waals surface area (Å²) in [6.45, 7) is 1.83. The summed E-state index contributed by atoms with van der Waals surface area (Å²) in [5.41, 5.74) is 3.43. The minimum Gasteiger partial charge on any atom is -0.304 e. The number of aromatic amines is 1. The van der Waals surface area contributed by atoms with Gasteiger partial charge >= 0.3 is 0 Å². The fourth-order valence-electron chi connectivity index (χ4n) is 1.31. The van der Waals surface area contributed by atoms with E-state index in [1.165, 1.54) is 0 Å². The molecular weight excluding hydrogens is 210 g/mol. The maximum atomic E-state index is 11.6. The highest BCUT2D eigenvalue weighted by Crippen LogP contribution is 2.06. The summed E-state index contributed by atoms with van der Waals surface area (Å²) in [5.74, 6) is -0.0687. The molecule has 0 bridgehead atoms. The Morgan fingerprint density at radius 1 is 1.50 bits per heavy atom. The van der Waals surface area contributed by atoms with Gasteiger partial charge in [0, 0.05) is 24.6 Å². The molecule has 2 heterocycles. The number of hydrogen-bond donors (Lipinski definition) is 3. The third-order valence-corrected chi connectivity index (χ3v) is 2.11. The Morgan fingerprint density at radius 3 is 2.88 bits per heavy atom. The summed E-state index contributed by atoms with van der Waals surface area (Å²) >= 11 is 0. The van der Waals surface area contributed by atoms with Crippen LogP contribution in [-0.4, -0.2) is 27.7 Å². The lowest BCUT2D eigenvalue weighted by atomic mass is 10.1. The molecule has 0 radical (unpaired) electrons. The van der Waals surface area contributed by atoms with Crippen LogP contribution >= 0.6 is 0 Å². The second-order valence-corrected chi connectivity index (χ2v) is 3.48. The number of nitrogens with one attached hydrogen (secondary N) is 3. The van der Waals surface area contributed by atoms with Crippen LogP contribution < -0.4 is 10.7 Å². The van der Waals surface area contributed by atoms with Crippen LogP contribution in [0, 0.1) is 6.92 Å². The van der Waals surface area contributed by atoms with Gasteiger partial charge in [-0.2, -0.15) is 10.2 Å². The molecule has 7 nitrogen and oxygen atoms in total. The first-order valence-electron chi connectivity index (χ1n) is 4.84. The normalized spacial score (nSPS) is 15.3. The van der Waals surface area contributed by atoms with Crippen molar-refractivity contribution >= 4 is 23.3 Å². The molecule has 2 rings (SSSR count). The van der Waals surface area contributed by atoms with Crippen molar-refractivity contribution in [3.05, 3.63) is 11.8 Å². The van der Waals surface area contributed by atoms with Crippen LogP contribution in [0.1, 0.15) is 18.5 Å². The average Bonchev–Trinajstić information content (AvgIpc) is 2.65. The van der Waals surface area contributed by atoms with Crippen molar-refractivity contribution in [1.29, 1.82) is 0 Å². The van der Waals surface area contributed by atoms with Crippen LogP contribution in [0.3, 0.4) is 0 Å². The molecule has 3 N–H and O–H groups in total. The Bertz CT molecular complexity index is 462. The monoisotopic (exact) mass is 221 g/mol. The molecule has 0 unspecified atom stereocenters. The minimum absolute atomic E-state index is 0.174. The van der Waals surface area contributed by atoms with Gasteiger partial charge in [0.05, 0.1) is 0 Å². The number of amides is 2. The SMILES string of the molecule is Cc1cc(NC(=O)C2=NNC(=O)CC2)n[nH]1. The molecule has 7 heteroatoms. The van der Waals surface area contributed by atoms with E-state index < -0.39 is 0 Å². The third-order valence-electron chi connectivity index (χ3n) is 2.11. The highest BCUT2D eigenvalue weighted by molar-refractivity contribution is 6.43. The Labute approximate surface area is 91.3 Å². The standard InChI is InChI=1S/C9H11N5O2/c1-5-4-7(13-11-5)10-9(16)6-2-3-8(15)14-12-6/h4H,2-3H2,1H3,(H,14,15)(H2,10,11,13,16). The summed E-state index contributed by atoms with van der Waals surface area (Å²) < 4.78 is 0.